The summed E-state index contributed by atoms with van der Waals surface area (Å²) in [6.07, 6.45) is 4.95. The Bertz CT molecular complexity index is 523. The molecule has 110 valence electrons. The number of hydrogen-bond acceptors (Lipinski definition) is 3. The smallest absolute Gasteiger partial charge is 0.272 e. The lowest BCUT2D eigenvalue weighted by molar-refractivity contribution is -0.385. The van der Waals surface area contributed by atoms with Crippen molar-refractivity contribution in [1.29, 1.82) is 0 Å². The number of anilines is 1. The zero-order valence-corrected chi connectivity index (χ0v) is 12.8. The number of nitro groups is 1. The van der Waals surface area contributed by atoms with Crippen LogP contribution in [0.15, 0.2) is 12.1 Å². The van der Waals surface area contributed by atoms with Crippen molar-refractivity contribution >= 4 is 11.4 Å². The first kappa shape index (κ1) is 14.8. The van der Waals surface area contributed by atoms with E-state index in [9.17, 15) is 10.1 Å². The van der Waals surface area contributed by atoms with E-state index >= 15 is 0 Å². The fraction of sp³-hybridized carbons (Fsp3) is 0.625. The molecule has 1 aliphatic carbocycles. The molecule has 1 aromatic carbocycles. The second kappa shape index (κ2) is 5.43. The van der Waals surface area contributed by atoms with Gasteiger partial charge >= 0.3 is 0 Å². The van der Waals surface area contributed by atoms with E-state index in [1.807, 2.05) is 13.0 Å². The van der Waals surface area contributed by atoms with Crippen LogP contribution in [-0.2, 0) is 0 Å². The standard InChI is InChI=1S/C16H24N2O2/c1-11-10-14(18(19)20)12(2)9-13(11)17-15-7-5-6-8-16(15,3)4/h9-10,15,17H,5-8H2,1-4H3. The molecule has 2 rings (SSSR count). The molecule has 1 fully saturated rings. The fourth-order valence-electron chi connectivity index (χ4n) is 3.10. The highest BCUT2D eigenvalue weighted by Gasteiger charge is 2.32. The molecule has 1 atom stereocenters. The highest BCUT2D eigenvalue weighted by Crippen LogP contribution is 2.38. The summed E-state index contributed by atoms with van der Waals surface area (Å²) in [4.78, 5) is 10.7. The zero-order valence-electron chi connectivity index (χ0n) is 12.8. The van der Waals surface area contributed by atoms with Crippen molar-refractivity contribution in [2.24, 2.45) is 5.41 Å². The van der Waals surface area contributed by atoms with Crippen molar-refractivity contribution in [1.82, 2.24) is 0 Å². The van der Waals surface area contributed by atoms with Gasteiger partial charge in [-0.25, -0.2) is 0 Å². The Labute approximate surface area is 120 Å². The van der Waals surface area contributed by atoms with Gasteiger partial charge in [0.2, 0.25) is 0 Å². The number of hydrogen-bond donors (Lipinski definition) is 1. The Kier molecular flexibility index (Phi) is 4.02. The van der Waals surface area contributed by atoms with Crippen molar-refractivity contribution in [3.8, 4) is 0 Å². The minimum Gasteiger partial charge on any atom is -0.382 e. The van der Waals surface area contributed by atoms with E-state index < -0.39 is 0 Å². The molecule has 4 heteroatoms. The van der Waals surface area contributed by atoms with Gasteiger partial charge in [0.15, 0.2) is 0 Å². The second-order valence-corrected chi connectivity index (χ2v) is 6.64. The molecule has 0 heterocycles. The normalized spacial score (nSPS) is 21.5. The third-order valence-corrected chi connectivity index (χ3v) is 4.58. The summed E-state index contributed by atoms with van der Waals surface area (Å²) in [6.45, 7) is 8.34. The van der Waals surface area contributed by atoms with E-state index in [1.54, 1.807) is 13.0 Å². The Morgan fingerprint density at radius 3 is 2.55 bits per heavy atom. The molecule has 1 saturated carbocycles. The average Bonchev–Trinajstić information content (AvgIpc) is 2.35. The molecule has 0 radical (unpaired) electrons. The molecule has 0 amide bonds. The molecule has 1 N–H and O–H groups in total. The maximum absolute atomic E-state index is 11.0. The third-order valence-electron chi connectivity index (χ3n) is 4.58. The number of rotatable bonds is 3. The molecular weight excluding hydrogens is 252 g/mol. The van der Waals surface area contributed by atoms with Crippen molar-refractivity contribution in [3.05, 3.63) is 33.4 Å². The van der Waals surface area contributed by atoms with E-state index in [2.05, 4.69) is 19.2 Å². The molecule has 20 heavy (non-hydrogen) atoms. The minimum atomic E-state index is -0.309. The Morgan fingerprint density at radius 2 is 1.95 bits per heavy atom. The lowest BCUT2D eigenvalue weighted by Gasteiger charge is -2.40. The molecule has 0 spiro atoms. The number of benzene rings is 1. The van der Waals surface area contributed by atoms with E-state index in [0.29, 0.717) is 6.04 Å². The number of aryl methyl sites for hydroxylation is 2. The summed E-state index contributed by atoms with van der Waals surface area (Å²) in [6, 6.07) is 4.03. The zero-order chi connectivity index (χ0) is 14.9. The van der Waals surface area contributed by atoms with Crippen LogP contribution in [0.1, 0.15) is 50.7 Å². The maximum Gasteiger partial charge on any atom is 0.272 e. The lowest BCUT2D eigenvalue weighted by atomic mass is 9.73. The maximum atomic E-state index is 11.0. The first-order valence-corrected chi connectivity index (χ1v) is 7.33. The molecular formula is C16H24N2O2. The third kappa shape index (κ3) is 2.94. The van der Waals surface area contributed by atoms with Crippen molar-refractivity contribution in [2.75, 3.05) is 5.32 Å². The predicted molar refractivity (Wildman–Crippen MR) is 82.2 cm³/mol. The fourth-order valence-corrected chi connectivity index (χ4v) is 3.10. The van der Waals surface area contributed by atoms with Crippen LogP contribution in [0, 0.1) is 29.4 Å². The molecule has 1 unspecified atom stereocenters. The number of nitro benzene ring substituents is 1. The summed E-state index contributed by atoms with van der Waals surface area (Å²) >= 11 is 0. The van der Waals surface area contributed by atoms with Crippen LogP contribution >= 0.6 is 0 Å². The first-order chi connectivity index (χ1) is 9.31. The molecule has 1 aliphatic rings. The van der Waals surface area contributed by atoms with Crippen LogP contribution in [0.2, 0.25) is 0 Å². The van der Waals surface area contributed by atoms with Gasteiger partial charge < -0.3 is 5.32 Å². The largest absolute Gasteiger partial charge is 0.382 e. The van der Waals surface area contributed by atoms with Gasteiger partial charge in [-0.2, -0.15) is 0 Å². The quantitative estimate of drug-likeness (QED) is 0.648. The van der Waals surface area contributed by atoms with Gasteiger partial charge in [0.1, 0.15) is 0 Å². The van der Waals surface area contributed by atoms with Crippen LogP contribution < -0.4 is 5.32 Å². The van der Waals surface area contributed by atoms with Crippen LogP contribution in [0.5, 0.6) is 0 Å². The number of nitrogens with one attached hydrogen (secondary N) is 1. The minimum absolute atomic E-state index is 0.205. The van der Waals surface area contributed by atoms with Gasteiger partial charge in [-0.15, -0.1) is 0 Å². The highest BCUT2D eigenvalue weighted by atomic mass is 16.6. The van der Waals surface area contributed by atoms with Crippen molar-refractivity contribution < 1.29 is 4.92 Å². The molecule has 1 aromatic rings. The van der Waals surface area contributed by atoms with E-state index in [-0.39, 0.29) is 16.0 Å². The Morgan fingerprint density at radius 1 is 1.25 bits per heavy atom. The predicted octanol–water partition coefficient (Wildman–Crippen LogP) is 4.59. The van der Waals surface area contributed by atoms with Crippen LogP contribution in [0.3, 0.4) is 0 Å². The average molecular weight is 276 g/mol. The van der Waals surface area contributed by atoms with Crippen molar-refractivity contribution in [2.45, 2.75) is 59.4 Å². The van der Waals surface area contributed by atoms with Gasteiger partial charge in [-0.05, 0) is 43.7 Å². The van der Waals surface area contributed by atoms with Gasteiger partial charge in [0, 0.05) is 23.4 Å². The number of nitrogens with zero attached hydrogens (tertiary/aromatic N) is 1. The van der Waals surface area contributed by atoms with Gasteiger partial charge in [0.05, 0.1) is 4.92 Å². The summed E-state index contributed by atoms with van der Waals surface area (Å²) in [5.41, 5.74) is 3.19. The monoisotopic (exact) mass is 276 g/mol. The van der Waals surface area contributed by atoms with Crippen LogP contribution in [0.4, 0.5) is 11.4 Å². The summed E-state index contributed by atoms with van der Waals surface area (Å²) in [7, 11) is 0. The summed E-state index contributed by atoms with van der Waals surface area (Å²) in [5.74, 6) is 0. The summed E-state index contributed by atoms with van der Waals surface area (Å²) in [5, 5.41) is 14.6. The van der Waals surface area contributed by atoms with Crippen LogP contribution in [0.25, 0.3) is 0 Å². The second-order valence-electron chi connectivity index (χ2n) is 6.64. The van der Waals surface area contributed by atoms with Gasteiger partial charge in [-0.1, -0.05) is 26.7 Å². The Balaban J connectivity index is 2.25. The topological polar surface area (TPSA) is 55.2 Å². The molecule has 4 nitrogen and oxygen atoms in total. The lowest BCUT2D eigenvalue weighted by Crippen LogP contribution is -2.39. The van der Waals surface area contributed by atoms with Gasteiger partial charge in [0.25, 0.3) is 5.69 Å². The van der Waals surface area contributed by atoms with E-state index in [4.69, 9.17) is 0 Å². The highest BCUT2D eigenvalue weighted by molar-refractivity contribution is 5.59. The molecule has 0 aromatic heterocycles. The summed E-state index contributed by atoms with van der Waals surface area (Å²) < 4.78 is 0. The van der Waals surface area contributed by atoms with Crippen LogP contribution in [-0.4, -0.2) is 11.0 Å². The van der Waals surface area contributed by atoms with Gasteiger partial charge in [-0.3, -0.25) is 10.1 Å². The van der Waals surface area contributed by atoms with E-state index in [1.165, 1.54) is 25.7 Å². The Hall–Kier alpha value is -1.58. The molecule has 0 bridgehead atoms. The SMILES string of the molecule is Cc1cc([N+](=O)[O-])c(C)cc1NC1CCCCC1(C)C. The molecule has 0 aliphatic heterocycles. The molecule has 0 saturated heterocycles. The first-order valence-electron chi connectivity index (χ1n) is 7.33. The van der Waals surface area contributed by atoms with E-state index in [0.717, 1.165) is 16.8 Å². The van der Waals surface area contributed by atoms with Crippen molar-refractivity contribution in [3.63, 3.8) is 0 Å².